The molecule has 0 aromatic heterocycles. The van der Waals surface area contributed by atoms with Crippen LogP contribution in [0.4, 0.5) is 5.69 Å². The number of carbonyl (C=O) groups excluding carboxylic acids is 4. The SMILES string of the molecule is CCCCCCCC/C=C\CCCCCCCC(=O)OC[C@H](COP(=O)(O)OCCCC(=O)CCCOc1ccc(C=O)c(N)c1)OC(=O)CCCCCCC/C=C\CCCCCCCC.CCN(CC)CC. The van der Waals surface area contributed by atoms with Gasteiger partial charge in [0.05, 0.1) is 19.8 Å². The van der Waals surface area contributed by atoms with Crippen molar-refractivity contribution < 1.29 is 51.9 Å². The maximum atomic E-state index is 12.8. The summed E-state index contributed by atoms with van der Waals surface area (Å²) in [5, 5.41) is 0. The van der Waals surface area contributed by atoms with E-state index in [2.05, 4.69) is 63.8 Å². The summed E-state index contributed by atoms with van der Waals surface area (Å²) >= 11 is 0. The van der Waals surface area contributed by atoms with Gasteiger partial charge in [-0.05, 0) is 109 Å². The summed E-state index contributed by atoms with van der Waals surface area (Å²) < 4.78 is 39.6. The predicted octanol–water partition coefficient (Wildman–Crippen LogP) is 15.6. The van der Waals surface area contributed by atoms with Crippen molar-refractivity contribution in [1.82, 2.24) is 4.90 Å². The van der Waals surface area contributed by atoms with Crippen molar-refractivity contribution in [3.05, 3.63) is 48.1 Å². The largest absolute Gasteiger partial charge is 0.494 e. The highest BCUT2D eigenvalue weighted by atomic mass is 31.2. The van der Waals surface area contributed by atoms with Gasteiger partial charge in [-0.2, -0.15) is 0 Å². The van der Waals surface area contributed by atoms with Gasteiger partial charge >= 0.3 is 19.8 Å². The van der Waals surface area contributed by atoms with Crippen molar-refractivity contribution in [1.29, 1.82) is 0 Å². The van der Waals surface area contributed by atoms with Crippen molar-refractivity contribution in [3.63, 3.8) is 0 Å². The van der Waals surface area contributed by atoms with E-state index in [1.54, 1.807) is 18.2 Å². The summed E-state index contributed by atoms with van der Waals surface area (Å²) in [4.78, 5) is 61.4. The third kappa shape index (κ3) is 45.7. The van der Waals surface area contributed by atoms with E-state index in [-0.39, 0.29) is 57.7 Å². The van der Waals surface area contributed by atoms with E-state index in [0.29, 0.717) is 42.5 Å². The van der Waals surface area contributed by atoms with Crippen LogP contribution in [0, 0.1) is 0 Å². The molecule has 73 heavy (non-hydrogen) atoms. The second-order valence-corrected chi connectivity index (χ2v) is 20.6. The molecule has 3 N–H and O–H groups in total. The molecule has 1 unspecified atom stereocenters. The average Bonchev–Trinajstić information content (AvgIpc) is 3.38. The fourth-order valence-electron chi connectivity index (χ4n) is 7.97. The number of nitrogens with zero attached hydrogens (tertiary/aromatic N) is 1. The van der Waals surface area contributed by atoms with Gasteiger partial charge in [0.2, 0.25) is 0 Å². The molecule has 1 aromatic carbocycles. The molecule has 0 spiro atoms. The second-order valence-electron chi connectivity index (χ2n) is 19.2. The number of unbranched alkanes of at least 4 members (excludes halogenated alkanes) is 22. The van der Waals surface area contributed by atoms with Crippen LogP contribution in [0.2, 0.25) is 0 Å². The van der Waals surface area contributed by atoms with Gasteiger partial charge in [0.15, 0.2) is 12.4 Å². The number of ketones is 1. The summed E-state index contributed by atoms with van der Waals surface area (Å²) in [6.45, 7) is 13.9. The highest BCUT2D eigenvalue weighted by Gasteiger charge is 2.26. The quantitative estimate of drug-likeness (QED) is 0.0157. The summed E-state index contributed by atoms with van der Waals surface area (Å²) in [5.74, 6) is -0.482. The number of phosphoric ester groups is 1. The molecule has 0 aliphatic heterocycles. The number of carbonyl (C=O) groups is 4. The number of hydrogen-bond donors (Lipinski definition) is 2. The van der Waals surface area contributed by atoms with Crippen LogP contribution < -0.4 is 10.5 Å². The first-order chi connectivity index (χ1) is 35.4. The van der Waals surface area contributed by atoms with Gasteiger partial charge in [-0.3, -0.25) is 28.2 Å². The Morgan fingerprint density at radius 2 is 1.03 bits per heavy atom. The number of allylic oxidation sites excluding steroid dienone is 4. The average molecular weight is 1050 g/mol. The van der Waals surface area contributed by atoms with Crippen LogP contribution in [0.1, 0.15) is 250 Å². The van der Waals surface area contributed by atoms with E-state index in [9.17, 15) is 28.6 Å². The normalized spacial score (nSPS) is 12.7. The maximum Gasteiger partial charge on any atom is 0.472 e. The minimum atomic E-state index is -4.57. The number of nitrogens with two attached hydrogens (primary N) is 1. The Kier molecular flexibility index (Phi) is 48.5. The number of rotatable bonds is 50. The van der Waals surface area contributed by atoms with E-state index < -0.39 is 32.5 Å². The number of ether oxygens (including phenoxy) is 3. The lowest BCUT2D eigenvalue weighted by atomic mass is 10.1. The smallest absolute Gasteiger partial charge is 0.472 e. The van der Waals surface area contributed by atoms with Crippen LogP contribution in [0.5, 0.6) is 5.75 Å². The lowest BCUT2D eigenvalue weighted by Crippen LogP contribution is -2.29. The second kappa shape index (κ2) is 50.8. The number of aldehydes is 1. The molecular weight excluding hydrogens is 944 g/mol. The van der Waals surface area contributed by atoms with Gasteiger partial charge in [-0.25, -0.2) is 4.57 Å². The summed E-state index contributed by atoms with van der Waals surface area (Å²) in [7, 11) is -4.57. The van der Waals surface area contributed by atoms with Crippen LogP contribution in [0.25, 0.3) is 0 Å². The van der Waals surface area contributed by atoms with Crippen molar-refractivity contribution in [3.8, 4) is 5.75 Å². The summed E-state index contributed by atoms with van der Waals surface area (Å²) in [5.41, 5.74) is 6.49. The number of hydrogen-bond acceptors (Lipinski definition) is 12. The molecule has 0 fully saturated rings. The van der Waals surface area contributed by atoms with Crippen LogP contribution in [-0.2, 0) is 37.5 Å². The van der Waals surface area contributed by atoms with Gasteiger partial charge in [-0.1, -0.05) is 162 Å². The Labute approximate surface area is 444 Å². The summed E-state index contributed by atoms with van der Waals surface area (Å²) in [6, 6.07) is 4.75. The fraction of sp³-hybridized carbons (Fsp3) is 0.763. The predicted molar refractivity (Wildman–Crippen MR) is 300 cm³/mol. The molecule has 0 amide bonds. The first-order valence-electron chi connectivity index (χ1n) is 28.9. The minimum absolute atomic E-state index is 0.0616. The van der Waals surface area contributed by atoms with E-state index in [1.807, 2.05) is 0 Å². The molecule has 0 radical (unpaired) electrons. The molecule has 0 bridgehead atoms. The number of benzene rings is 1. The van der Waals surface area contributed by atoms with Crippen molar-refractivity contribution >= 4 is 37.5 Å². The Morgan fingerprint density at radius 1 is 0.575 bits per heavy atom. The van der Waals surface area contributed by atoms with E-state index in [0.717, 1.165) is 77.0 Å². The van der Waals surface area contributed by atoms with E-state index >= 15 is 0 Å². The molecule has 13 nitrogen and oxygen atoms in total. The molecular formula is C59H105N2O11P. The monoisotopic (exact) mass is 1050 g/mol. The third-order valence-corrected chi connectivity index (χ3v) is 13.7. The zero-order chi connectivity index (χ0) is 53.9. The van der Waals surface area contributed by atoms with Crippen LogP contribution in [0.15, 0.2) is 42.5 Å². The molecule has 1 rings (SSSR count). The zero-order valence-corrected chi connectivity index (χ0v) is 47.7. The van der Waals surface area contributed by atoms with Crippen LogP contribution >= 0.6 is 7.82 Å². The molecule has 0 saturated carbocycles. The first kappa shape index (κ1) is 69.7. The maximum absolute atomic E-state index is 12.8. The molecule has 422 valence electrons. The Morgan fingerprint density at radius 3 is 1.48 bits per heavy atom. The van der Waals surface area contributed by atoms with Crippen LogP contribution in [0.3, 0.4) is 0 Å². The number of nitrogen functional groups attached to an aromatic ring is 1. The Bertz CT molecular complexity index is 1600. The summed E-state index contributed by atoms with van der Waals surface area (Å²) in [6.07, 6.45) is 40.0. The molecule has 14 heteroatoms. The van der Waals surface area contributed by atoms with Gasteiger partial charge in [0.1, 0.15) is 18.1 Å². The van der Waals surface area contributed by atoms with Gasteiger partial charge in [-0.15, -0.1) is 0 Å². The first-order valence-corrected chi connectivity index (χ1v) is 30.4. The van der Waals surface area contributed by atoms with E-state index in [4.69, 9.17) is 29.0 Å². The zero-order valence-electron chi connectivity index (χ0n) is 46.8. The Balaban J connectivity index is 0.00000685. The molecule has 0 heterocycles. The minimum Gasteiger partial charge on any atom is -0.494 e. The fourth-order valence-corrected chi connectivity index (χ4v) is 8.76. The highest BCUT2D eigenvalue weighted by Crippen LogP contribution is 2.43. The molecule has 2 atom stereocenters. The lowest BCUT2D eigenvalue weighted by molar-refractivity contribution is -0.161. The number of esters is 2. The molecule has 0 aliphatic rings. The Hall–Kier alpha value is -3.35. The molecule has 1 aromatic rings. The number of Topliss-reactive ketones (excluding diaryl/α,β-unsaturated/α-hetero) is 1. The van der Waals surface area contributed by atoms with Crippen molar-refractivity contribution in [2.75, 3.05) is 51.8 Å². The number of anilines is 1. The molecule has 0 aliphatic carbocycles. The van der Waals surface area contributed by atoms with E-state index in [1.165, 1.54) is 96.7 Å². The topological polar surface area (TPSA) is 181 Å². The van der Waals surface area contributed by atoms with Crippen molar-refractivity contribution in [2.45, 2.75) is 246 Å². The lowest BCUT2D eigenvalue weighted by Gasteiger charge is -2.20. The van der Waals surface area contributed by atoms with Gasteiger partial charge in [0, 0.05) is 43.0 Å². The van der Waals surface area contributed by atoms with Gasteiger partial charge in [0.25, 0.3) is 0 Å². The molecule has 0 saturated heterocycles. The van der Waals surface area contributed by atoms with Gasteiger partial charge < -0.3 is 29.7 Å². The van der Waals surface area contributed by atoms with Crippen molar-refractivity contribution in [2.24, 2.45) is 0 Å². The van der Waals surface area contributed by atoms with Crippen LogP contribution in [-0.4, -0.2) is 86.0 Å². The number of phosphoric acid groups is 1. The highest BCUT2D eigenvalue weighted by molar-refractivity contribution is 7.47. The standard InChI is InChI=1S/C53H90NO11P.C6H15N/c1-3-5-7-9-11-13-15-17-19-21-23-25-27-29-31-37-52(57)62-45-50(65-53(58)38-32-30-28-26-24-22-20-18-16-14-12-10-8-6-4-2)46-64-66(59,60)63-42-34-36-48(56)35-33-41-61-49-40-39-47(44-55)51(54)43-49;1-4-7(5-2)6-3/h17-20,39-40,43-44,50H,3-16,21-38,41-42,45-46,54H2,1-2H3,(H,59,60);4-6H2,1-3H3/b19-17-,20-18-;/t50-;/m1./s1. The third-order valence-electron chi connectivity index (χ3n) is 12.7.